The Balaban J connectivity index is 1.94. The number of rotatable bonds is 6. The van der Waals surface area contributed by atoms with Crippen LogP contribution in [-0.2, 0) is 0 Å². The minimum absolute atomic E-state index is 0.190. The zero-order valence-corrected chi connectivity index (χ0v) is 14.4. The predicted octanol–water partition coefficient (Wildman–Crippen LogP) is 4.89. The molecule has 0 bridgehead atoms. The van der Waals surface area contributed by atoms with Gasteiger partial charge >= 0.3 is 0 Å². The number of carbonyl (C=O) groups excluding carboxylic acids is 1. The maximum atomic E-state index is 12.9. The topological polar surface area (TPSA) is 47.6 Å². The molecule has 3 aromatic rings. The Kier molecular flexibility index (Phi) is 5.19. The summed E-state index contributed by atoms with van der Waals surface area (Å²) in [5.41, 5.74) is 1.26. The molecule has 0 aromatic heterocycles. The van der Waals surface area contributed by atoms with Crippen molar-refractivity contribution in [3.8, 4) is 11.5 Å². The molecule has 0 saturated heterocycles. The molecule has 1 N–H and O–H groups in total. The van der Waals surface area contributed by atoms with Crippen molar-refractivity contribution in [3.63, 3.8) is 0 Å². The lowest BCUT2D eigenvalue weighted by molar-refractivity contribution is 0.102. The van der Waals surface area contributed by atoms with E-state index in [0.717, 1.165) is 16.5 Å². The Hall–Kier alpha value is -3.01. The van der Waals surface area contributed by atoms with Crippen molar-refractivity contribution in [2.45, 2.75) is 13.8 Å². The number of hydrogen-bond donors (Lipinski definition) is 1. The zero-order chi connectivity index (χ0) is 17.6. The minimum atomic E-state index is -0.190. The van der Waals surface area contributed by atoms with Crippen LogP contribution < -0.4 is 14.8 Å². The van der Waals surface area contributed by atoms with E-state index in [-0.39, 0.29) is 5.91 Å². The third kappa shape index (κ3) is 3.74. The van der Waals surface area contributed by atoms with E-state index >= 15 is 0 Å². The second-order valence-electron chi connectivity index (χ2n) is 5.50. The van der Waals surface area contributed by atoms with Crippen LogP contribution >= 0.6 is 0 Å². The van der Waals surface area contributed by atoms with E-state index in [2.05, 4.69) is 5.32 Å². The van der Waals surface area contributed by atoms with Crippen LogP contribution in [0.15, 0.2) is 60.7 Å². The molecule has 0 atom stereocenters. The molecule has 4 nitrogen and oxygen atoms in total. The Morgan fingerprint density at radius 2 is 1.60 bits per heavy atom. The Labute approximate surface area is 147 Å². The van der Waals surface area contributed by atoms with Crippen LogP contribution in [-0.4, -0.2) is 19.1 Å². The molecule has 0 heterocycles. The molecule has 0 fully saturated rings. The van der Waals surface area contributed by atoms with Gasteiger partial charge in [0, 0.05) is 5.69 Å². The summed E-state index contributed by atoms with van der Waals surface area (Å²) in [5.74, 6) is 1.18. The van der Waals surface area contributed by atoms with E-state index in [9.17, 15) is 4.79 Å². The van der Waals surface area contributed by atoms with Gasteiger partial charge < -0.3 is 14.8 Å². The first-order valence-electron chi connectivity index (χ1n) is 8.41. The third-order valence-electron chi connectivity index (χ3n) is 3.84. The molecule has 3 aromatic carbocycles. The molecule has 0 radical (unpaired) electrons. The van der Waals surface area contributed by atoms with Gasteiger partial charge in [-0.15, -0.1) is 0 Å². The molecule has 25 heavy (non-hydrogen) atoms. The van der Waals surface area contributed by atoms with Crippen LogP contribution in [0.1, 0.15) is 24.2 Å². The zero-order valence-electron chi connectivity index (χ0n) is 14.4. The number of amides is 1. The van der Waals surface area contributed by atoms with Crippen molar-refractivity contribution < 1.29 is 14.3 Å². The molecule has 0 unspecified atom stereocenters. The summed E-state index contributed by atoms with van der Waals surface area (Å²) in [6, 6.07) is 18.9. The van der Waals surface area contributed by atoms with Crippen molar-refractivity contribution >= 4 is 22.4 Å². The fourth-order valence-electron chi connectivity index (χ4n) is 2.76. The van der Waals surface area contributed by atoms with Crippen LogP contribution in [0.4, 0.5) is 5.69 Å². The summed E-state index contributed by atoms with van der Waals surface area (Å²) in [5, 5.41) is 4.82. The summed E-state index contributed by atoms with van der Waals surface area (Å²) < 4.78 is 11.1. The standard InChI is InChI=1S/C21H21NO3/c1-3-24-17-12-10-16(11-13-17)22-21(23)20-18-8-6-5-7-15(18)9-14-19(20)25-4-2/h5-14H,3-4H2,1-2H3,(H,22,23). The molecule has 0 saturated carbocycles. The van der Waals surface area contributed by atoms with Gasteiger partial charge in [-0.25, -0.2) is 0 Å². The summed E-state index contributed by atoms with van der Waals surface area (Å²) >= 11 is 0. The van der Waals surface area contributed by atoms with Gasteiger partial charge in [-0.3, -0.25) is 4.79 Å². The number of carbonyl (C=O) groups is 1. The van der Waals surface area contributed by atoms with Gasteiger partial charge in [-0.05, 0) is 55.0 Å². The van der Waals surface area contributed by atoms with E-state index < -0.39 is 0 Å². The quantitative estimate of drug-likeness (QED) is 0.698. The Bertz CT molecular complexity index is 872. The van der Waals surface area contributed by atoms with Crippen LogP contribution in [0.3, 0.4) is 0 Å². The SMILES string of the molecule is CCOc1ccc(NC(=O)c2c(OCC)ccc3ccccc23)cc1. The molecule has 0 spiro atoms. The highest BCUT2D eigenvalue weighted by atomic mass is 16.5. The first-order valence-corrected chi connectivity index (χ1v) is 8.41. The van der Waals surface area contributed by atoms with Gasteiger partial charge in [0.25, 0.3) is 5.91 Å². The molecule has 3 rings (SSSR count). The number of nitrogens with one attached hydrogen (secondary N) is 1. The van der Waals surface area contributed by atoms with Crippen molar-refractivity contribution in [1.29, 1.82) is 0 Å². The fourth-order valence-corrected chi connectivity index (χ4v) is 2.76. The molecule has 1 amide bonds. The average molecular weight is 335 g/mol. The minimum Gasteiger partial charge on any atom is -0.494 e. The molecule has 0 aliphatic heterocycles. The lowest BCUT2D eigenvalue weighted by Crippen LogP contribution is -2.14. The molecule has 0 aliphatic carbocycles. The number of hydrogen-bond acceptors (Lipinski definition) is 3. The molecular weight excluding hydrogens is 314 g/mol. The van der Waals surface area contributed by atoms with Gasteiger partial charge in [0.2, 0.25) is 0 Å². The summed E-state index contributed by atoms with van der Waals surface area (Å²) in [6.45, 7) is 4.95. The van der Waals surface area contributed by atoms with Gasteiger partial charge in [-0.2, -0.15) is 0 Å². The molecule has 0 aliphatic rings. The van der Waals surface area contributed by atoms with Gasteiger partial charge in [0.1, 0.15) is 11.5 Å². The highest BCUT2D eigenvalue weighted by Gasteiger charge is 2.16. The lowest BCUT2D eigenvalue weighted by atomic mass is 10.0. The smallest absolute Gasteiger partial charge is 0.260 e. The van der Waals surface area contributed by atoms with Crippen LogP contribution in [0.2, 0.25) is 0 Å². The highest BCUT2D eigenvalue weighted by molar-refractivity contribution is 6.15. The molecular formula is C21H21NO3. The molecule has 128 valence electrons. The summed E-state index contributed by atoms with van der Waals surface area (Å²) in [6.07, 6.45) is 0. The van der Waals surface area contributed by atoms with Crippen molar-refractivity contribution in [2.75, 3.05) is 18.5 Å². The van der Waals surface area contributed by atoms with Gasteiger partial charge in [0.05, 0.1) is 18.8 Å². The summed E-state index contributed by atoms with van der Waals surface area (Å²) in [7, 11) is 0. The van der Waals surface area contributed by atoms with E-state index in [4.69, 9.17) is 9.47 Å². The highest BCUT2D eigenvalue weighted by Crippen LogP contribution is 2.29. The Morgan fingerprint density at radius 3 is 2.32 bits per heavy atom. The van der Waals surface area contributed by atoms with Crippen molar-refractivity contribution in [2.24, 2.45) is 0 Å². The van der Waals surface area contributed by atoms with E-state index in [1.807, 2.05) is 74.5 Å². The van der Waals surface area contributed by atoms with Gasteiger partial charge in [-0.1, -0.05) is 30.3 Å². The number of fused-ring (bicyclic) bond motifs is 1. The third-order valence-corrected chi connectivity index (χ3v) is 3.84. The predicted molar refractivity (Wildman–Crippen MR) is 101 cm³/mol. The molecule has 4 heteroatoms. The lowest BCUT2D eigenvalue weighted by Gasteiger charge is -2.14. The summed E-state index contributed by atoms with van der Waals surface area (Å²) in [4.78, 5) is 12.9. The largest absolute Gasteiger partial charge is 0.494 e. The Morgan fingerprint density at radius 1 is 0.880 bits per heavy atom. The first-order chi connectivity index (χ1) is 12.2. The maximum absolute atomic E-state index is 12.9. The van der Waals surface area contributed by atoms with E-state index in [1.54, 1.807) is 0 Å². The van der Waals surface area contributed by atoms with E-state index in [0.29, 0.717) is 30.2 Å². The van der Waals surface area contributed by atoms with Crippen molar-refractivity contribution in [1.82, 2.24) is 0 Å². The average Bonchev–Trinajstić information content (AvgIpc) is 2.63. The first kappa shape index (κ1) is 16.8. The monoisotopic (exact) mass is 335 g/mol. The van der Waals surface area contributed by atoms with Crippen LogP contribution in [0, 0.1) is 0 Å². The number of ether oxygens (including phenoxy) is 2. The number of benzene rings is 3. The van der Waals surface area contributed by atoms with E-state index in [1.165, 1.54) is 0 Å². The fraction of sp³-hybridized carbons (Fsp3) is 0.190. The second-order valence-corrected chi connectivity index (χ2v) is 5.50. The second kappa shape index (κ2) is 7.71. The maximum Gasteiger partial charge on any atom is 0.260 e. The normalized spacial score (nSPS) is 10.5. The van der Waals surface area contributed by atoms with Gasteiger partial charge in [0.15, 0.2) is 0 Å². The van der Waals surface area contributed by atoms with Crippen LogP contribution in [0.25, 0.3) is 10.8 Å². The number of anilines is 1. The van der Waals surface area contributed by atoms with Crippen molar-refractivity contribution in [3.05, 3.63) is 66.2 Å². The van der Waals surface area contributed by atoms with Crippen LogP contribution in [0.5, 0.6) is 11.5 Å².